The van der Waals surface area contributed by atoms with E-state index in [0.717, 1.165) is 23.4 Å². The molecule has 1 heterocycles. The van der Waals surface area contributed by atoms with Crippen molar-refractivity contribution in [3.05, 3.63) is 40.4 Å². The van der Waals surface area contributed by atoms with Crippen molar-refractivity contribution in [3.63, 3.8) is 0 Å². The molecule has 2 amide bonds. The van der Waals surface area contributed by atoms with E-state index in [4.69, 9.17) is 0 Å². The summed E-state index contributed by atoms with van der Waals surface area (Å²) in [7, 11) is 0. The van der Waals surface area contributed by atoms with Crippen LogP contribution >= 0.6 is 11.3 Å². The zero-order valence-electron chi connectivity index (χ0n) is 12.3. The summed E-state index contributed by atoms with van der Waals surface area (Å²) in [5.41, 5.74) is 1.43. The van der Waals surface area contributed by atoms with E-state index < -0.39 is 5.54 Å². The number of hydrogen-bond donors (Lipinski definition) is 3. The van der Waals surface area contributed by atoms with Gasteiger partial charge in [-0.15, -0.1) is 10.2 Å². The van der Waals surface area contributed by atoms with Crippen LogP contribution in [0.4, 0.5) is 9.93 Å². The summed E-state index contributed by atoms with van der Waals surface area (Å²) in [6.07, 6.45) is 2.32. The van der Waals surface area contributed by atoms with Crippen LogP contribution in [0.3, 0.4) is 0 Å². The van der Waals surface area contributed by atoms with Crippen molar-refractivity contribution in [1.82, 2.24) is 15.5 Å². The van der Waals surface area contributed by atoms with Crippen molar-refractivity contribution in [3.8, 4) is 0 Å². The Bertz CT molecular complexity index is 688. The van der Waals surface area contributed by atoms with Gasteiger partial charge in [0, 0.05) is 0 Å². The summed E-state index contributed by atoms with van der Waals surface area (Å²) >= 11 is 1.35. The smallest absolute Gasteiger partial charge is 0.321 e. The molecule has 7 heteroatoms. The fourth-order valence-electron chi connectivity index (χ4n) is 2.81. The summed E-state index contributed by atoms with van der Waals surface area (Å²) in [4.78, 5) is 12.2. The van der Waals surface area contributed by atoms with Crippen molar-refractivity contribution in [2.45, 2.75) is 31.7 Å². The molecule has 0 saturated heterocycles. The van der Waals surface area contributed by atoms with Gasteiger partial charge < -0.3 is 10.4 Å². The normalized spacial score (nSPS) is 19.7. The lowest BCUT2D eigenvalue weighted by Crippen LogP contribution is -2.48. The molecule has 1 aromatic carbocycles. The first-order valence-electron chi connectivity index (χ1n) is 7.27. The SMILES string of the molecule is CCc1nnc(NC(=O)NC2(CO)CCc3ccccc32)s1. The minimum atomic E-state index is -0.723. The molecule has 22 heavy (non-hydrogen) atoms. The molecule has 1 aliphatic rings. The zero-order chi connectivity index (χ0) is 15.6. The minimum Gasteiger partial charge on any atom is -0.394 e. The quantitative estimate of drug-likeness (QED) is 0.805. The number of urea groups is 1. The molecule has 1 aliphatic carbocycles. The number of fused-ring (bicyclic) bond motifs is 1. The molecule has 3 N–H and O–H groups in total. The van der Waals surface area contributed by atoms with E-state index in [1.807, 2.05) is 31.2 Å². The number of aliphatic hydroxyl groups is 1. The summed E-state index contributed by atoms with van der Waals surface area (Å²) in [5.74, 6) is 0. The third-order valence-corrected chi connectivity index (χ3v) is 4.95. The highest BCUT2D eigenvalue weighted by atomic mass is 32.1. The standard InChI is InChI=1S/C15H18N4O2S/c1-2-12-18-19-14(22-12)16-13(21)17-15(9-20)8-7-10-5-3-4-6-11(10)15/h3-6,20H,2,7-9H2,1H3,(H2,16,17,19,21). The first kappa shape index (κ1) is 14.9. The molecule has 0 spiro atoms. The first-order valence-corrected chi connectivity index (χ1v) is 8.09. The van der Waals surface area contributed by atoms with Crippen molar-refractivity contribution in [1.29, 1.82) is 0 Å². The van der Waals surface area contributed by atoms with Gasteiger partial charge in [-0.25, -0.2) is 4.79 Å². The highest BCUT2D eigenvalue weighted by Crippen LogP contribution is 2.36. The first-order chi connectivity index (χ1) is 10.7. The molecule has 1 unspecified atom stereocenters. The Hall–Kier alpha value is -1.99. The molecule has 0 radical (unpaired) electrons. The summed E-state index contributed by atoms with van der Waals surface area (Å²) in [6, 6.07) is 7.51. The highest BCUT2D eigenvalue weighted by molar-refractivity contribution is 7.15. The maximum atomic E-state index is 12.2. The van der Waals surface area contributed by atoms with Gasteiger partial charge in [0.05, 0.1) is 12.1 Å². The Morgan fingerprint density at radius 1 is 1.41 bits per heavy atom. The van der Waals surface area contributed by atoms with E-state index >= 15 is 0 Å². The molecule has 1 aromatic heterocycles. The fraction of sp³-hybridized carbons (Fsp3) is 0.400. The van der Waals surface area contributed by atoms with E-state index in [9.17, 15) is 9.90 Å². The predicted octanol–water partition coefficient (Wildman–Crippen LogP) is 2.06. The number of nitrogens with zero attached hydrogens (tertiary/aromatic N) is 2. The number of aromatic nitrogens is 2. The van der Waals surface area contributed by atoms with Crippen LogP contribution in [0.25, 0.3) is 0 Å². The Labute approximate surface area is 132 Å². The lowest BCUT2D eigenvalue weighted by molar-refractivity contribution is 0.164. The van der Waals surface area contributed by atoms with Crippen molar-refractivity contribution in [2.24, 2.45) is 0 Å². The van der Waals surface area contributed by atoms with Gasteiger partial charge in [-0.05, 0) is 30.4 Å². The molecule has 6 nitrogen and oxygen atoms in total. The maximum Gasteiger partial charge on any atom is 0.321 e. The number of aryl methyl sites for hydroxylation is 2. The Morgan fingerprint density at radius 3 is 2.95 bits per heavy atom. The van der Waals surface area contributed by atoms with E-state index in [2.05, 4.69) is 20.8 Å². The average molecular weight is 318 g/mol. The van der Waals surface area contributed by atoms with Gasteiger partial charge in [-0.3, -0.25) is 5.32 Å². The molecule has 0 saturated carbocycles. The topological polar surface area (TPSA) is 87.1 Å². The van der Waals surface area contributed by atoms with Crippen LogP contribution in [0.2, 0.25) is 0 Å². The van der Waals surface area contributed by atoms with Crippen LogP contribution in [0.15, 0.2) is 24.3 Å². The van der Waals surface area contributed by atoms with Gasteiger partial charge in [-0.1, -0.05) is 42.5 Å². The van der Waals surface area contributed by atoms with Gasteiger partial charge >= 0.3 is 6.03 Å². The van der Waals surface area contributed by atoms with E-state index in [1.165, 1.54) is 16.9 Å². The van der Waals surface area contributed by atoms with Gasteiger partial charge in [0.25, 0.3) is 0 Å². The lowest BCUT2D eigenvalue weighted by atomic mass is 9.93. The largest absolute Gasteiger partial charge is 0.394 e. The molecule has 0 aliphatic heterocycles. The van der Waals surface area contributed by atoms with Crippen molar-refractivity contribution in [2.75, 3.05) is 11.9 Å². The number of carbonyl (C=O) groups is 1. The second-order valence-electron chi connectivity index (χ2n) is 5.33. The molecule has 1 atom stereocenters. The van der Waals surface area contributed by atoms with Crippen LogP contribution in [-0.2, 0) is 18.4 Å². The molecule has 0 bridgehead atoms. The van der Waals surface area contributed by atoms with Crippen LogP contribution in [-0.4, -0.2) is 27.9 Å². The van der Waals surface area contributed by atoms with Crippen LogP contribution in [0.5, 0.6) is 0 Å². The van der Waals surface area contributed by atoms with E-state index in [0.29, 0.717) is 11.6 Å². The van der Waals surface area contributed by atoms with E-state index in [1.54, 1.807) is 0 Å². The monoisotopic (exact) mass is 318 g/mol. The van der Waals surface area contributed by atoms with Crippen molar-refractivity contribution >= 4 is 22.5 Å². The number of anilines is 1. The summed E-state index contributed by atoms with van der Waals surface area (Å²) < 4.78 is 0. The summed E-state index contributed by atoms with van der Waals surface area (Å²) in [6.45, 7) is 1.86. The van der Waals surface area contributed by atoms with Crippen molar-refractivity contribution < 1.29 is 9.90 Å². The van der Waals surface area contributed by atoms with Crippen LogP contribution in [0.1, 0.15) is 29.5 Å². The van der Waals surface area contributed by atoms with Gasteiger partial charge in [0.15, 0.2) is 0 Å². The Kier molecular flexibility index (Phi) is 4.08. The summed E-state index contributed by atoms with van der Waals surface area (Å²) in [5, 5.41) is 24.7. The Morgan fingerprint density at radius 2 is 2.23 bits per heavy atom. The molecular formula is C15H18N4O2S. The highest BCUT2D eigenvalue weighted by Gasteiger charge is 2.39. The second kappa shape index (κ2) is 6.02. The molecule has 116 valence electrons. The predicted molar refractivity (Wildman–Crippen MR) is 85.0 cm³/mol. The minimum absolute atomic E-state index is 0.131. The Balaban J connectivity index is 1.75. The maximum absolute atomic E-state index is 12.2. The molecule has 3 rings (SSSR count). The molecule has 2 aromatic rings. The molecule has 0 fully saturated rings. The number of rotatable bonds is 4. The number of aliphatic hydroxyl groups excluding tert-OH is 1. The molecular weight excluding hydrogens is 300 g/mol. The number of amides is 2. The number of benzene rings is 1. The van der Waals surface area contributed by atoms with Gasteiger partial charge in [0.1, 0.15) is 5.01 Å². The third-order valence-electron chi connectivity index (χ3n) is 3.97. The lowest BCUT2D eigenvalue weighted by Gasteiger charge is -2.29. The number of carbonyl (C=O) groups excluding carboxylic acids is 1. The third kappa shape index (κ3) is 2.69. The van der Waals surface area contributed by atoms with Gasteiger partial charge in [0.2, 0.25) is 5.13 Å². The van der Waals surface area contributed by atoms with E-state index in [-0.39, 0.29) is 12.6 Å². The van der Waals surface area contributed by atoms with Crippen LogP contribution < -0.4 is 10.6 Å². The van der Waals surface area contributed by atoms with Crippen LogP contribution in [0, 0.1) is 0 Å². The zero-order valence-corrected chi connectivity index (χ0v) is 13.1. The fourth-order valence-corrected chi connectivity index (χ4v) is 3.49. The number of hydrogen-bond acceptors (Lipinski definition) is 5. The van der Waals surface area contributed by atoms with Gasteiger partial charge in [-0.2, -0.15) is 0 Å². The number of nitrogens with one attached hydrogen (secondary N) is 2. The average Bonchev–Trinajstić information content (AvgIpc) is 3.13. The second-order valence-corrected chi connectivity index (χ2v) is 6.39.